The normalized spacial score (nSPS) is 12.2. The first-order valence-corrected chi connectivity index (χ1v) is 9.76. The fraction of sp³-hybridized carbons (Fsp3) is 0.348. The molecule has 0 radical (unpaired) electrons. The van der Waals surface area contributed by atoms with Crippen molar-refractivity contribution in [3.05, 3.63) is 66.1 Å². The van der Waals surface area contributed by atoms with Crippen molar-refractivity contribution in [3.63, 3.8) is 0 Å². The molecule has 1 N–H and O–H groups in total. The third-order valence-corrected chi connectivity index (χ3v) is 4.67. The van der Waals surface area contributed by atoms with Gasteiger partial charge in [0, 0.05) is 6.42 Å². The summed E-state index contributed by atoms with van der Waals surface area (Å²) in [5.41, 5.74) is 2.33. The van der Waals surface area contributed by atoms with Crippen LogP contribution in [0.15, 0.2) is 59.0 Å². The number of amides is 1. The van der Waals surface area contributed by atoms with Crippen LogP contribution in [0, 0.1) is 5.92 Å². The lowest BCUT2D eigenvalue weighted by Gasteiger charge is -2.17. The number of rotatable bonds is 9. The molecule has 1 heterocycles. The van der Waals surface area contributed by atoms with Crippen LogP contribution in [-0.4, -0.2) is 22.7 Å². The highest BCUT2D eigenvalue weighted by Gasteiger charge is 2.26. The Hall–Kier alpha value is -2.95. The number of ketones is 1. The van der Waals surface area contributed by atoms with Crippen LogP contribution in [0.1, 0.15) is 49.4 Å². The zero-order valence-electron chi connectivity index (χ0n) is 16.4. The van der Waals surface area contributed by atoms with Gasteiger partial charge in [-0.05, 0) is 42.9 Å². The number of carbonyl (C=O) groups is 2. The van der Waals surface area contributed by atoms with Crippen molar-refractivity contribution in [2.75, 3.05) is 0 Å². The van der Waals surface area contributed by atoms with E-state index in [1.165, 1.54) is 0 Å². The number of para-hydroxylation sites is 2. The fourth-order valence-electron chi connectivity index (χ4n) is 3.04. The smallest absolute Gasteiger partial charge is 0.266 e. The Labute approximate surface area is 165 Å². The van der Waals surface area contributed by atoms with Gasteiger partial charge >= 0.3 is 0 Å². The lowest BCUT2D eigenvalue weighted by molar-refractivity contribution is -0.121. The molecule has 0 saturated carbocycles. The van der Waals surface area contributed by atoms with Gasteiger partial charge in [-0.2, -0.15) is 0 Å². The monoisotopic (exact) mass is 378 g/mol. The third kappa shape index (κ3) is 5.28. The van der Waals surface area contributed by atoms with Gasteiger partial charge in [-0.25, -0.2) is 4.98 Å². The summed E-state index contributed by atoms with van der Waals surface area (Å²) in [6, 6.07) is 16.5. The minimum atomic E-state index is -0.659. The lowest BCUT2D eigenvalue weighted by Crippen LogP contribution is -2.41. The van der Waals surface area contributed by atoms with Gasteiger partial charge in [0.05, 0.1) is 6.04 Å². The van der Waals surface area contributed by atoms with E-state index in [1.54, 1.807) is 12.1 Å². The minimum Gasteiger partial charge on any atom is -0.434 e. The third-order valence-electron chi connectivity index (χ3n) is 4.67. The molecular formula is C23H26N2O3. The van der Waals surface area contributed by atoms with Gasteiger partial charge in [0.2, 0.25) is 11.7 Å². The van der Waals surface area contributed by atoms with Crippen molar-refractivity contribution >= 4 is 22.8 Å². The van der Waals surface area contributed by atoms with Gasteiger partial charge in [-0.3, -0.25) is 9.59 Å². The molecule has 1 amide bonds. The van der Waals surface area contributed by atoms with Gasteiger partial charge in [-0.1, -0.05) is 56.3 Å². The molecule has 146 valence electrons. The van der Waals surface area contributed by atoms with E-state index in [4.69, 9.17) is 4.42 Å². The Kier molecular flexibility index (Phi) is 6.58. The number of aryl methyl sites for hydroxylation is 1. The Morgan fingerprint density at radius 3 is 2.43 bits per heavy atom. The standard InChI is InChI=1S/C23H26N2O3/c1-16(2)12-15-21(26)24-19(14-13-17-8-4-3-5-9-17)22(27)23-25-18-10-6-7-11-20(18)28-23/h3-11,16,19H,12-15H2,1-2H3,(H,24,26). The largest absolute Gasteiger partial charge is 0.434 e. The Morgan fingerprint density at radius 2 is 1.71 bits per heavy atom. The SMILES string of the molecule is CC(C)CCC(=O)NC(CCc1ccccc1)C(=O)c1nc2ccccc2o1. The number of aromatic nitrogens is 1. The molecule has 0 aliphatic rings. The average Bonchev–Trinajstić information content (AvgIpc) is 3.14. The molecule has 3 aromatic rings. The molecule has 3 rings (SSSR count). The maximum absolute atomic E-state index is 13.0. The number of Topliss-reactive ketones (excluding diaryl/α,β-unsaturated/α-hetero) is 1. The number of carbonyl (C=O) groups excluding carboxylic acids is 2. The van der Waals surface area contributed by atoms with Crippen LogP contribution in [0.25, 0.3) is 11.1 Å². The summed E-state index contributed by atoms with van der Waals surface area (Å²) in [6.07, 6.45) is 2.37. The molecule has 0 fully saturated rings. The molecule has 1 aromatic heterocycles. The van der Waals surface area contributed by atoms with Crippen LogP contribution < -0.4 is 5.32 Å². The van der Waals surface area contributed by atoms with E-state index in [9.17, 15) is 9.59 Å². The molecule has 0 aliphatic heterocycles. The first-order valence-electron chi connectivity index (χ1n) is 9.76. The molecule has 5 nitrogen and oxygen atoms in total. The molecule has 1 atom stereocenters. The summed E-state index contributed by atoms with van der Waals surface area (Å²) in [5, 5.41) is 2.90. The van der Waals surface area contributed by atoms with Crippen LogP contribution in [-0.2, 0) is 11.2 Å². The van der Waals surface area contributed by atoms with E-state index in [1.807, 2.05) is 42.5 Å². The minimum absolute atomic E-state index is 0.0448. The second kappa shape index (κ2) is 9.31. The summed E-state index contributed by atoms with van der Waals surface area (Å²) < 4.78 is 5.63. The van der Waals surface area contributed by atoms with E-state index in [0.717, 1.165) is 12.0 Å². The van der Waals surface area contributed by atoms with Crippen LogP contribution >= 0.6 is 0 Å². The summed E-state index contributed by atoms with van der Waals surface area (Å²) >= 11 is 0. The van der Waals surface area contributed by atoms with Crippen molar-refractivity contribution in [2.24, 2.45) is 5.92 Å². The maximum Gasteiger partial charge on any atom is 0.266 e. The van der Waals surface area contributed by atoms with Crippen molar-refractivity contribution in [3.8, 4) is 0 Å². The number of hydrogen-bond donors (Lipinski definition) is 1. The number of oxazole rings is 1. The van der Waals surface area contributed by atoms with Gasteiger partial charge in [0.1, 0.15) is 5.52 Å². The lowest BCUT2D eigenvalue weighted by atomic mass is 10.0. The molecule has 0 saturated heterocycles. The van der Waals surface area contributed by atoms with E-state index in [-0.39, 0.29) is 17.6 Å². The Bertz CT molecular complexity index is 898. The van der Waals surface area contributed by atoms with E-state index in [0.29, 0.717) is 36.3 Å². The highest BCUT2D eigenvalue weighted by molar-refractivity contribution is 6.00. The van der Waals surface area contributed by atoms with Crippen LogP contribution in [0.5, 0.6) is 0 Å². The molecule has 5 heteroatoms. The van der Waals surface area contributed by atoms with E-state index in [2.05, 4.69) is 24.1 Å². The predicted molar refractivity (Wildman–Crippen MR) is 109 cm³/mol. The summed E-state index contributed by atoms with van der Waals surface area (Å²) in [6.45, 7) is 4.15. The van der Waals surface area contributed by atoms with Crippen LogP contribution in [0.3, 0.4) is 0 Å². The molecule has 0 aliphatic carbocycles. The van der Waals surface area contributed by atoms with Crippen LogP contribution in [0.4, 0.5) is 0 Å². The molecule has 1 unspecified atom stereocenters. The van der Waals surface area contributed by atoms with Crippen molar-refractivity contribution in [2.45, 2.75) is 45.6 Å². The van der Waals surface area contributed by atoms with E-state index >= 15 is 0 Å². The molecule has 28 heavy (non-hydrogen) atoms. The first-order chi connectivity index (χ1) is 13.5. The number of nitrogens with one attached hydrogen (secondary N) is 1. The summed E-state index contributed by atoms with van der Waals surface area (Å²) in [7, 11) is 0. The average molecular weight is 378 g/mol. The number of hydrogen-bond acceptors (Lipinski definition) is 4. The Balaban J connectivity index is 1.75. The van der Waals surface area contributed by atoms with Crippen molar-refractivity contribution < 1.29 is 14.0 Å². The molecule has 2 aromatic carbocycles. The summed E-state index contributed by atoms with van der Waals surface area (Å²) in [4.78, 5) is 29.7. The second-order valence-electron chi connectivity index (χ2n) is 7.43. The maximum atomic E-state index is 13.0. The number of benzene rings is 2. The molecule has 0 bridgehead atoms. The first kappa shape index (κ1) is 19.8. The highest BCUT2D eigenvalue weighted by Crippen LogP contribution is 2.17. The van der Waals surface area contributed by atoms with Crippen molar-refractivity contribution in [1.82, 2.24) is 10.3 Å². The van der Waals surface area contributed by atoms with Gasteiger partial charge in [-0.15, -0.1) is 0 Å². The van der Waals surface area contributed by atoms with Gasteiger partial charge < -0.3 is 9.73 Å². The Morgan fingerprint density at radius 1 is 1.00 bits per heavy atom. The predicted octanol–water partition coefficient (Wildman–Crippen LogP) is 4.56. The topological polar surface area (TPSA) is 72.2 Å². The molecule has 0 spiro atoms. The van der Waals surface area contributed by atoms with Crippen LogP contribution in [0.2, 0.25) is 0 Å². The summed E-state index contributed by atoms with van der Waals surface area (Å²) in [5.74, 6) is 0.0749. The number of fused-ring (bicyclic) bond motifs is 1. The number of nitrogens with zero attached hydrogens (tertiary/aromatic N) is 1. The second-order valence-corrected chi connectivity index (χ2v) is 7.43. The zero-order chi connectivity index (χ0) is 19.9. The highest BCUT2D eigenvalue weighted by atomic mass is 16.4. The quantitative estimate of drug-likeness (QED) is 0.554. The van der Waals surface area contributed by atoms with E-state index < -0.39 is 6.04 Å². The zero-order valence-corrected chi connectivity index (χ0v) is 16.4. The van der Waals surface area contributed by atoms with Crippen molar-refractivity contribution in [1.29, 1.82) is 0 Å². The fourth-order valence-corrected chi connectivity index (χ4v) is 3.04. The van der Waals surface area contributed by atoms with Gasteiger partial charge in [0.25, 0.3) is 5.89 Å². The molecular weight excluding hydrogens is 352 g/mol. The van der Waals surface area contributed by atoms with Gasteiger partial charge in [0.15, 0.2) is 5.58 Å².